The summed E-state index contributed by atoms with van der Waals surface area (Å²) < 4.78 is 27.6. The number of methoxy groups -OCH3 is 3. The van der Waals surface area contributed by atoms with Crippen LogP contribution < -0.4 is 29.2 Å². The third-order valence-corrected chi connectivity index (χ3v) is 8.04. The van der Waals surface area contributed by atoms with Crippen LogP contribution in [-0.2, 0) is 11.3 Å². The molecule has 0 unspecified atom stereocenters. The summed E-state index contributed by atoms with van der Waals surface area (Å²) in [5, 5.41) is 3.88. The molecule has 43 heavy (non-hydrogen) atoms. The second kappa shape index (κ2) is 12.0. The number of hydrogen-bond donors (Lipinski definition) is 1. The molecule has 2 aliphatic heterocycles. The fourth-order valence-corrected chi connectivity index (χ4v) is 5.78. The minimum atomic E-state index is -0.494. The lowest BCUT2D eigenvalue weighted by Crippen LogP contribution is -2.73. The average molecular weight is 633 g/mol. The van der Waals surface area contributed by atoms with Crippen molar-refractivity contribution < 1.29 is 28.5 Å². The molecule has 230 valence electrons. The summed E-state index contributed by atoms with van der Waals surface area (Å²) in [5.74, 6) is 2.41. The van der Waals surface area contributed by atoms with Crippen LogP contribution in [-0.4, -0.2) is 74.1 Å². The highest BCUT2D eigenvalue weighted by molar-refractivity contribution is 6.37. The lowest BCUT2D eigenvalue weighted by molar-refractivity contribution is -0.0453. The Balaban J connectivity index is 1.16. The van der Waals surface area contributed by atoms with Gasteiger partial charge in [0.2, 0.25) is 5.95 Å². The molecule has 1 spiro atoms. The lowest BCUT2D eigenvalue weighted by Gasteiger charge is -2.60. The van der Waals surface area contributed by atoms with E-state index in [-0.39, 0.29) is 18.1 Å². The largest absolute Gasteiger partial charge is 0.495 e. The SMILES string of the molecule is COc1cc(Nc2ncc(OCc3c(Cl)c(OC)cc(OC)c3Cl)cn2)ccc1N1CC2(CN(C(=O)OC(C)(C)C)C2)C1. The number of anilines is 3. The number of aromatic nitrogens is 2. The van der Waals surface area contributed by atoms with Crippen molar-refractivity contribution >= 4 is 46.6 Å². The highest BCUT2D eigenvalue weighted by atomic mass is 35.5. The van der Waals surface area contributed by atoms with E-state index in [0.29, 0.717) is 51.9 Å². The molecule has 1 amide bonds. The van der Waals surface area contributed by atoms with E-state index in [0.717, 1.165) is 30.2 Å². The maximum absolute atomic E-state index is 12.3. The van der Waals surface area contributed by atoms with Gasteiger partial charge < -0.3 is 38.8 Å². The molecule has 2 aliphatic rings. The molecule has 11 nitrogen and oxygen atoms in total. The topological polar surface area (TPSA) is 108 Å². The Morgan fingerprint density at radius 2 is 1.53 bits per heavy atom. The highest BCUT2D eigenvalue weighted by Crippen LogP contribution is 2.45. The van der Waals surface area contributed by atoms with Crippen molar-refractivity contribution in [3.63, 3.8) is 0 Å². The number of ether oxygens (including phenoxy) is 5. The minimum Gasteiger partial charge on any atom is -0.495 e. The molecule has 0 saturated carbocycles. The molecule has 5 rings (SSSR count). The van der Waals surface area contributed by atoms with Crippen molar-refractivity contribution in [2.45, 2.75) is 33.0 Å². The zero-order chi connectivity index (χ0) is 30.9. The van der Waals surface area contributed by atoms with E-state index in [4.69, 9.17) is 46.9 Å². The third-order valence-electron chi connectivity index (χ3n) is 7.21. The summed E-state index contributed by atoms with van der Waals surface area (Å²) in [7, 11) is 4.67. The quantitative estimate of drug-likeness (QED) is 0.294. The minimum absolute atomic E-state index is 0.0663. The predicted octanol–water partition coefficient (Wildman–Crippen LogP) is 6.19. The summed E-state index contributed by atoms with van der Waals surface area (Å²) in [6.45, 7) is 8.79. The summed E-state index contributed by atoms with van der Waals surface area (Å²) in [6, 6.07) is 7.48. The average Bonchev–Trinajstić information content (AvgIpc) is 2.92. The van der Waals surface area contributed by atoms with Gasteiger partial charge >= 0.3 is 6.09 Å². The van der Waals surface area contributed by atoms with Gasteiger partial charge in [0.05, 0.1) is 49.5 Å². The number of likely N-dealkylation sites (tertiary alicyclic amines) is 1. The van der Waals surface area contributed by atoms with Gasteiger partial charge in [-0.05, 0) is 32.9 Å². The van der Waals surface area contributed by atoms with Crippen LogP contribution in [0.15, 0.2) is 36.7 Å². The smallest absolute Gasteiger partial charge is 0.410 e. The van der Waals surface area contributed by atoms with E-state index in [1.54, 1.807) is 30.5 Å². The van der Waals surface area contributed by atoms with E-state index in [9.17, 15) is 4.79 Å². The summed E-state index contributed by atoms with van der Waals surface area (Å²) in [5.41, 5.74) is 1.90. The summed E-state index contributed by atoms with van der Waals surface area (Å²) in [6.07, 6.45) is 2.86. The second-order valence-electron chi connectivity index (χ2n) is 11.6. The molecule has 0 radical (unpaired) electrons. The highest BCUT2D eigenvalue weighted by Gasteiger charge is 2.54. The molecule has 3 aromatic rings. The number of benzene rings is 2. The molecule has 2 saturated heterocycles. The molecule has 0 atom stereocenters. The van der Waals surface area contributed by atoms with Gasteiger partial charge in [-0.15, -0.1) is 0 Å². The molecular weight excluding hydrogens is 597 g/mol. The Morgan fingerprint density at radius 3 is 2.09 bits per heavy atom. The van der Waals surface area contributed by atoms with Gasteiger partial charge in [0, 0.05) is 55.0 Å². The van der Waals surface area contributed by atoms with Crippen molar-refractivity contribution in [2.24, 2.45) is 5.41 Å². The van der Waals surface area contributed by atoms with Crippen LogP contribution in [0.4, 0.5) is 22.1 Å². The van der Waals surface area contributed by atoms with Crippen LogP contribution in [0.3, 0.4) is 0 Å². The number of nitrogens with zero attached hydrogens (tertiary/aromatic N) is 4. The monoisotopic (exact) mass is 631 g/mol. The van der Waals surface area contributed by atoms with E-state index in [1.807, 2.05) is 39.0 Å². The zero-order valence-corrected chi connectivity index (χ0v) is 26.5. The van der Waals surface area contributed by atoms with Crippen molar-refractivity contribution in [2.75, 3.05) is 57.7 Å². The molecule has 1 N–H and O–H groups in total. The van der Waals surface area contributed by atoms with Gasteiger partial charge in [-0.3, -0.25) is 0 Å². The van der Waals surface area contributed by atoms with Crippen LogP contribution in [0, 0.1) is 5.41 Å². The van der Waals surface area contributed by atoms with Crippen molar-refractivity contribution in [3.8, 4) is 23.0 Å². The number of nitrogens with one attached hydrogen (secondary N) is 1. The second-order valence-corrected chi connectivity index (χ2v) is 12.4. The molecule has 2 fully saturated rings. The first-order chi connectivity index (χ1) is 20.4. The third kappa shape index (κ3) is 6.57. The number of amides is 1. The fourth-order valence-electron chi connectivity index (χ4n) is 5.17. The summed E-state index contributed by atoms with van der Waals surface area (Å²) >= 11 is 12.9. The maximum Gasteiger partial charge on any atom is 0.410 e. The molecule has 0 bridgehead atoms. The van der Waals surface area contributed by atoms with Crippen molar-refractivity contribution in [3.05, 3.63) is 52.3 Å². The Hall–Kier alpha value is -3.83. The Morgan fingerprint density at radius 1 is 0.930 bits per heavy atom. The van der Waals surface area contributed by atoms with Crippen LogP contribution >= 0.6 is 23.2 Å². The van der Waals surface area contributed by atoms with Crippen molar-refractivity contribution in [1.82, 2.24) is 14.9 Å². The molecule has 2 aromatic carbocycles. The first kappa shape index (κ1) is 30.6. The van der Waals surface area contributed by atoms with Gasteiger partial charge in [-0.25, -0.2) is 14.8 Å². The number of carbonyl (C=O) groups is 1. The normalized spacial score (nSPS) is 15.3. The van der Waals surface area contributed by atoms with E-state index in [2.05, 4.69) is 20.2 Å². The van der Waals surface area contributed by atoms with Gasteiger partial charge in [0.25, 0.3) is 0 Å². The first-order valence-electron chi connectivity index (χ1n) is 13.7. The molecule has 0 aliphatic carbocycles. The zero-order valence-electron chi connectivity index (χ0n) is 25.0. The van der Waals surface area contributed by atoms with E-state index >= 15 is 0 Å². The van der Waals surface area contributed by atoms with Crippen molar-refractivity contribution in [1.29, 1.82) is 0 Å². The molecule has 3 heterocycles. The lowest BCUT2D eigenvalue weighted by atomic mass is 9.73. The number of rotatable bonds is 9. The summed E-state index contributed by atoms with van der Waals surface area (Å²) in [4.78, 5) is 25.1. The standard InChI is InChI=1S/C30H35Cl2N5O6/c1-29(2,3)43-28(38)37-16-30(17-37)14-36(15-30)21-8-7-18(9-22(21)39-4)35-27-33-11-19(12-34-27)42-13-20-25(31)23(40-5)10-24(41-6)26(20)32/h7-12H,13-17H2,1-6H3,(H,33,34,35). The molecule has 13 heteroatoms. The number of hydrogen-bond acceptors (Lipinski definition) is 10. The number of carbonyl (C=O) groups excluding carboxylic acids is 1. The number of halogens is 2. The van der Waals surface area contributed by atoms with Crippen LogP contribution in [0.25, 0.3) is 0 Å². The Kier molecular flexibility index (Phi) is 8.58. The molecular formula is C30H35Cl2N5O6. The van der Waals surface area contributed by atoms with Gasteiger partial charge in [0.15, 0.2) is 5.75 Å². The first-order valence-corrected chi connectivity index (χ1v) is 14.4. The van der Waals surface area contributed by atoms with E-state index < -0.39 is 5.60 Å². The van der Waals surface area contributed by atoms with Gasteiger partial charge in [0.1, 0.15) is 29.5 Å². The predicted molar refractivity (Wildman–Crippen MR) is 165 cm³/mol. The Labute approximate surface area is 260 Å². The van der Waals surface area contributed by atoms with Gasteiger partial charge in [-0.2, -0.15) is 0 Å². The van der Waals surface area contributed by atoms with Crippen LogP contribution in [0.2, 0.25) is 10.0 Å². The maximum atomic E-state index is 12.3. The van der Waals surface area contributed by atoms with E-state index in [1.165, 1.54) is 14.2 Å². The fraction of sp³-hybridized carbons (Fsp3) is 0.433. The van der Waals surface area contributed by atoms with Gasteiger partial charge in [-0.1, -0.05) is 23.2 Å². The van der Waals surface area contributed by atoms with Crippen LogP contribution in [0.5, 0.6) is 23.0 Å². The van der Waals surface area contributed by atoms with Crippen LogP contribution in [0.1, 0.15) is 26.3 Å². The Bertz CT molecular complexity index is 1460. The molecule has 1 aromatic heterocycles.